The van der Waals surface area contributed by atoms with Crippen molar-refractivity contribution in [3.8, 4) is 5.75 Å². The number of hydrogen-bond donors (Lipinski definition) is 1. The number of nitrogens with two attached hydrogens (primary N) is 1. The highest BCUT2D eigenvalue weighted by atomic mass is 32.2. The van der Waals surface area contributed by atoms with E-state index in [9.17, 15) is 21.6 Å². The zero-order valence-electron chi connectivity index (χ0n) is 8.57. The maximum Gasteiger partial charge on any atom is 0.416 e. The van der Waals surface area contributed by atoms with Crippen LogP contribution in [0, 0.1) is 0 Å². The van der Waals surface area contributed by atoms with Gasteiger partial charge in [0, 0.05) is 0 Å². The van der Waals surface area contributed by atoms with Crippen LogP contribution >= 0.6 is 0 Å². The third-order valence-corrected chi connectivity index (χ3v) is 2.53. The number of halogens is 3. The summed E-state index contributed by atoms with van der Waals surface area (Å²) in [5.74, 6) is -0.507. The molecule has 1 aromatic carbocycles. The summed E-state index contributed by atoms with van der Waals surface area (Å²) in [6, 6.07) is 4.17. The van der Waals surface area contributed by atoms with E-state index in [1.807, 2.05) is 0 Å². The molecule has 1 aromatic rings. The van der Waals surface area contributed by atoms with Crippen molar-refractivity contribution in [1.82, 2.24) is 0 Å². The largest absolute Gasteiger partial charge is 0.492 e. The molecule has 0 bridgehead atoms. The highest BCUT2D eigenvalue weighted by Crippen LogP contribution is 2.31. The molecule has 17 heavy (non-hydrogen) atoms. The Morgan fingerprint density at radius 1 is 1.29 bits per heavy atom. The predicted octanol–water partition coefficient (Wildman–Crippen LogP) is 1.37. The highest BCUT2D eigenvalue weighted by Gasteiger charge is 2.30. The number of hydrogen-bond acceptors (Lipinski definition) is 3. The van der Waals surface area contributed by atoms with E-state index in [4.69, 9.17) is 9.88 Å². The molecular formula is C9H10F3NO3S. The van der Waals surface area contributed by atoms with Crippen molar-refractivity contribution in [2.24, 2.45) is 5.14 Å². The van der Waals surface area contributed by atoms with Gasteiger partial charge in [0.15, 0.2) is 0 Å². The van der Waals surface area contributed by atoms with Crippen molar-refractivity contribution in [2.75, 3.05) is 12.4 Å². The Hall–Kier alpha value is -1.28. The fraction of sp³-hybridized carbons (Fsp3) is 0.333. The van der Waals surface area contributed by atoms with E-state index in [0.29, 0.717) is 0 Å². The molecule has 0 spiro atoms. The van der Waals surface area contributed by atoms with Gasteiger partial charge in [0.1, 0.15) is 12.4 Å². The molecule has 0 aromatic heterocycles. The highest BCUT2D eigenvalue weighted by molar-refractivity contribution is 7.89. The molecule has 0 saturated carbocycles. The molecule has 0 amide bonds. The van der Waals surface area contributed by atoms with Crippen LogP contribution in [0.25, 0.3) is 0 Å². The maximum atomic E-state index is 12.3. The fourth-order valence-corrected chi connectivity index (χ4v) is 1.35. The third-order valence-electron chi connectivity index (χ3n) is 1.80. The normalized spacial score (nSPS) is 12.5. The molecule has 0 saturated heterocycles. The number of sulfonamides is 1. The lowest BCUT2D eigenvalue weighted by Gasteiger charge is -2.09. The smallest absolute Gasteiger partial charge is 0.416 e. The van der Waals surface area contributed by atoms with E-state index in [2.05, 4.69) is 0 Å². The first-order chi connectivity index (χ1) is 7.68. The molecular weight excluding hydrogens is 259 g/mol. The molecule has 0 fully saturated rings. The zero-order valence-corrected chi connectivity index (χ0v) is 9.38. The topological polar surface area (TPSA) is 69.4 Å². The predicted molar refractivity (Wildman–Crippen MR) is 54.9 cm³/mol. The van der Waals surface area contributed by atoms with Crippen molar-refractivity contribution < 1.29 is 26.3 Å². The Balaban J connectivity index is 2.67. The van der Waals surface area contributed by atoms with E-state index >= 15 is 0 Å². The van der Waals surface area contributed by atoms with Gasteiger partial charge in [-0.25, -0.2) is 13.6 Å². The standard InChI is InChI=1S/C9H10F3NO3S/c10-9(11,12)7-2-1-3-8(6-7)16-4-5-17(13,14)15/h1-3,6H,4-5H2,(H2,13,14,15). The van der Waals surface area contributed by atoms with Crippen molar-refractivity contribution >= 4 is 10.0 Å². The van der Waals surface area contributed by atoms with Gasteiger partial charge in [-0.3, -0.25) is 0 Å². The molecule has 0 radical (unpaired) electrons. The number of rotatable bonds is 4. The molecule has 96 valence electrons. The van der Waals surface area contributed by atoms with Gasteiger partial charge in [0.2, 0.25) is 10.0 Å². The summed E-state index contributed by atoms with van der Waals surface area (Å²) in [5.41, 5.74) is -0.856. The monoisotopic (exact) mass is 269 g/mol. The molecule has 0 atom stereocenters. The van der Waals surface area contributed by atoms with E-state index in [1.54, 1.807) is 0 Å². The Kier molecular flexibility index (Phi) is 3.99. The summed E-state index contributed by atoms with van der Waals surface area (Å²) in [7, 11) is -3.68. The van der Waals surface area contributed by atoms with Crippen LogP contribution in [-0.2, 0) is 16.2 Å². The lowest BCUT2D eigenvalue weighted by atomic mass is 10.2. The van der Waals surface area contributed by atoms with E-state index < -0.39 is 27.5 Å². The molecule has 8 heteroatoms. The molecule has 4 nitrogen and oxygen atoms in total. The number of primary sulfonamides is 1. The van der Waals surface area contributed by atoms with E-state index in [0.717, 1.165) is 12.1 Å². The van der Waals surface area contributed by atoms with Gasteiger partial charge in [-0.15, -0.1) is 0 Å². The Bertz CT molecular complexity index is 485. The summed E-state index contributed by atoms with van der Waals surface area (Å²) in [4.78, 5) is 0. The van der Waals surface area contributed by atoms with Crippen LogP contribution in [-0.4, -0.2) is 20.8 Å². The van der Waals surface area contributed by atoms with Crippen molar-refractivity contribution in [3.05, 3.63) is 29.8 Å². The lowest BCUT2D eigenvalue weighted by molar-refractivity contribution is -0.137. The van der Waals surface area contributed by atoms with Crippen LogP contribution < -0.4 is 9.88 Å². The van der Waals surface area contributed by atoms with Crippen LogP contribution in [0.15, 0.2) is 24.3 Å². The summed E-state index contributed by atoms with van der Waals surface area (Å²) < 4.78 is 62.9. The molecule has 0 unspecified atom stereocenters. The summed E-state index contributed by atoms with van der Waals surface area (Å²) in [6.07, 6.45) is -4.46. The Morgan fingerprint density at radius 3 is 2.47 bits per heavy atom. The quantitative estimate of drug-likeness (QED) is 0.897. The Morgan fingerprint density at radius 2 is 1.94 bits per heavy atom. The van der Waals surface area contributed by atoms with Gasteiger partial charge in [-0.2, -0.15) is 13.2 Å². The summed E-state index contributed by atoms with van der Waals surface area (Å²) >= 11 is 0. The van der Waals surface area contributed by atoms with Gasteiger partial charge in [0.25, 0.3) is 0 Å². The van der Waals surface area contributed by atoms with Crippen LogP contribution in [0.2, 0.25) is 0 Å². The van der Waals surface area contributed by atoms with Crippen molar-refractivity contribution in [1.29, 1.82) is 0 Å². The van der Waals surface area contributed by atoms with Gasteiger partial charge < -0.3 is 4.74 Å². The second kappa shape index (κ2) is 4.92. The SMILES string of the molecule is NS(=O)(=O)CCOc1cccc(C(F)(F)F)c1. The van der Waals surface area contributed by atoms with Gasteiger partial charge in [0.05, 0.1) is 11.3 Å². The minimum atomic E-state index is -4.46. The second-order valence-corrected chi connectivity index (χ2v) is 4.98. The van der Waals surface area contributed by atoms with Gasteiger partial charge in [-0.05, 0) is 18.2 Å². The van der Waals surface area contributed by atoms with Gasteiger partial charge >= 0.3 is 6.18 Å². The molecule has 2 N–H and O–H groups in total. The zero-order chi connectivity index (χ0) is 13.1. The van der Waals surface area contributed by atoms with Crippen LogP contribution in [0.3, 0.4) is 0 Å². The minimum Gasteiger partial charge on any atom is -0.492 e. The first-order valence-electron chi connectivity index (χ1n) is 4.49. The summed E-state index contributed by atoms with van der Waals surface area (Å²) in [6.45, 7) is -0.292. The fourth-order valence-electron chi connectivity index (χ4n) is 1.04. The number of ether oxygens (including phenoxy) is 1. The van der Waals surface area contributed by atoms with Crippen LogP contribution in [0.1, 0.15) is 5.56 Å². The van der Waals surface area contributed by atoms with Crippen LogP contribution in [0.5, 0.6) is 5.75 Å². The first kappa shape index (κ1) is 13.8. The molecule has 0 aliphatic heterocycles. The summed E-state index contributed by atoms with van der Waals surface area (Å²) in [5, 5.41) is 4.71. The average molecular weight is 269 g/mol. The van der Waals surface area contributed by atoms with Crippen molar-refractivity contribution in [3.63, 3.8) is 0 Å². The number of alkyl halides is 3. The molecule has 0 heterocycles. The molecule has 0 aliphatic rings. The molecule has 0 aliphatic carbocycles. The second-order valence-electron chi connectivity index (χ2n) is 3.24. The van der Waals surface area contributed by atoms with E-state index in [-0.39, 0.29) is 12.4 Å². The van der Waals surface area contributed by atoms with E-state index in [1.165, 1.54) is 12.1 Å². The van der Waals surface area contributed by atoms with Gasteiger partial charge in [-0.1, -0.05) is 6.07 Å². The third kappa shape index (κ3) is 5.05. The average Bonchev–Trinajstić information content (AvgIpc) is 2.15. The Labute approximate surface area is 96.2 Å². The number of benzene rings is 1. The lowest BCUT2D eigenvalue weighted by Crippen LogP contribution is -2.21. The minimum absolute atomic E-state index is 0.0523. The first-order valence-corrected chi connectivity index (χ1v) is 6.20. The maximum absolute atomic E-state index is 12.3. The van der Waals surface area contributed by atoms with Crippen molar-refractivity contribution in [2.45, 2.75) is 6.18 Å². The van der Waals surface area contributed by atoms with Crippen LogP contribution in [0.4, 0.5) is 13.2 Å². The molecule has 1 rings (SSSR count).